The molecule has 8 heteroatoms. The number of nitrogens with one attached hydrogen (secondary N) is 1. The Morgan fingerprint density at radius 1 is 1.53 bits per heavy atom. The molecule has 0 unspecified atom stereocenters. The second-order valence-corrected chi connectivity index (χ2v) is 3.60. The van der Waals surface area contributed by atoms with Gasteiger partial charge in [-0.25, -0.2) is 9.78 Å². The zero-order chi connectivity index (χ0) is 12.1. The van der Waals surface area contributed by atoms with E-state index in [-0.39, 0.29) is 31.4 Å². The molecule has 0 aromatic carbocycles. The molecule has 0 fully saturated rings. The van der Waals surface area contributed by atoms with Gasteiger partial charge in [-0.2, -0.15) is 0 Å². The summed E-state index contributed by atoms with van der Waals surface area (Å²) in [6, 6.07) is 0. The summed E-state index contributed by atoms with van der Waals surface area (Å²) >= 11 is 0. The van der Waals surface area contributed by atoms with Crippen molar-refractivity contribution < 1.29 is 14.6 Å². The average Bonchev–Trinajstić information content (AvgIpc) is 2.80. The highest BCUT2D eigenvalue weighted by molar-refractivity contribution is 5.85. The molecule has 0 radical (unpaired) electrons. The van der Waals surface area contributed by atoms with Gasteiger partial charge >= 0.3 is 5.97 Å². The van der Waals surface area contributed by atoms with Crippen molar-refractivity contribution in [2.45, 2.75) is 6.54 Å². The molecule has 2 heterocycles. The number of nitrogens with zero attached hydrogens (tertiary/aromatic N) is 2. The van der Waals surface area contributed by atoms with Crippen LogP contribution in [0.5, 0.6) is 0 Å². The zero-order valence-electron chi connectivity index (χ0n) is 9.98. The van der Waals surface area contributed by atoms with Gasteiger partial charge in [0.1, 0.15) is 11.6 Å². The van der Waals surface area contributed by atoms with Crippen LogP contribution in [-0.2, 0) is 16.1 Å². The van der Waals surface area contributed by atoms with E-state index in [0.717, 1.165) is 5.82 Å². The summed E-state index contributed by atoms with van der Waals surface area (Å²) in [5, 5.41) is 8.52. The first-order chi connectivity index (χ1) is 8.24. The van der Waals surface area contributed by atoms with Crippen LogP contribution in [0.25, 0.3) is 0 Å². The molecular formula is C11H15Cl2N3O3. The number of aliphatic carboxylic acids is 1. The molecule has 0 saturated heterocycles. The van der Waals surface area contributed by atoms with Crippen LogP contribution < -0.4 is 0 Å². The third kappa shape index (κ3) is 5.67. The maximum Gasteiger partial charge on any atom is 0.341 e. The Morgan fingerprint density at radius 2 is 2.32 bits per heavy atom. The third-order valence-corrected chi connectivity index (χ3v) is 2.23. The minimum atomic E-state index is -0.974. The number of carboxylic acids is 1. The Bertz CT molecular complexity index is 446. The second kappa shape index (κ2) is 8.44. The van der Waals surface area contributed by atoms with Gasteiger partial charge in [0.25, 0.3) is 0 Å². The van der Waals surface area contributed by atoms with Gasteiger partial charge in [-0.15, -0.1) is 24.8 Å². The minimum Gasteiger partial charge on any atom is -0.484 e. The van der Waals surface area contributed by atoms with Gasteiger partial charge in [-0.05, 0) is 12.2 Å². The van der Waals surface area contributed by atoms with Crippen LogP contribution in [0.3, 0.4) is 0 Å². The molecule has 0 bridgehead atoms. The van der Waals surface area contributed by atoms with Crippen molar-refractivity contribution in [3.05, 3.63) is 42.3 Å². The van der Waals surface area contributed by atoms with E-state index in [2.05, 4.69) is 9.97 Å². The molecule has 2 N–H and O–H groups in total. The van der Waals surface area contributed by atoms with Crippen LogP contribution in [0, 0.1) is 0 Å². The summed E-state index contributed by atoms with van der Waals surface area (Å²) in [5.41, 5.74) is 0. The molecule has 19 heavy (non-hydrogen) atoms. The first-order valence-corrected chi connectivity index (χ1v) is 5.18. The summed E-state index contributed by atoms with van der Waals surface area (Å²) in [7, 11) is 0. The molecule has 0 spiro atoms. The quantitative estimate of drug-likeness (QED) is 0.863. The lowest BCUT2D eigenvalue weighted by Crippen LogP contribution is -2.24. The number of carboxylic acid groups (broad SMARTS) is 1. The Kier molecular flexibility index (Phi) is 7.71. The fourth-order valence-corrected chi connectivity index (χ4v) is 1.51. The highest BCUT2D eigenvalue weighted by atomic mass is 35.5. The molecule has 0 saturated carbocycles. The molecule has 2 rings (SSSR count). The number of hydrogen-bond acceptors (Lipinski definition) is 4. The molecule has 0 atom stereocenters. The first kappa shape index (κ1) is 17.3. The predicted molar refractivity (Wildman–Crippen MR) is 74.3 cm³/mol. The third-order valence-electron chi connectivity index (χ3n) is 2.23. The number of hydrogen-bond donors (Lipinski definition) is 2. The van der Waals surface area contributed by atoms with Crippen molar-refractivity contribution >= 4 is 30.8 Å². The lowest BCUT2D eigenvalue weighted by Gasteiger charge is -2.23. The molecule has 0 aliphatic carbocycles. The lowest BCUT2D eigenvalue weighted by atomic mass is 10.3. The molecule has 1 aliphatic rings. The van der Waals surface area contributed by atoms with Gasteiger partial charge in [0.05, 0.1) is 13.1 Å². The van der Waals surface area contributed by atoms with Gasteiger partial charge in [-0.3, -0.25) is 0 Å². The van der Waals surface area contributed by atoms with Gasteiger partial charge in [0.2, 0.25) is 0 Å². The fraction of sp³-hybridized carbons (Fsp3) is 0.273. The molecule has 1 aliphatic heterocycles. The average molecular weight is 308 g/mol. The van der Waals surface area contributed by atoms with Crippen LogP contribution in [0.2, 0.25) is 0 Å². The van der Waals surface area contributed by atoms with E-state index >= 15 is 0 Å². The van der Waals surface area contributed by atoms with Gasteiger partial charge in [0, 0.05) is 18.6 Å². The van der Waals surface area contributed by atoms with Crippen molar-refractivity contribution in [3.8, 4) is 0 Å². The smallest absolute Gasteiger partial charge is 0.341 e. The van der Waals surface area contributed by atoms with E-state index in [1.54, 1.807) is 18.5 Å². The predicted octanol–water partition coefficient (Wildman–Crippen LogP) is 1.57. The highest BCUT2D eigenvalue weighted by Crippen LogP contribution is 2.10. The van der Waals surface area contributed by atoms with Gasteiger partial charge in [0.15, 0.2) is 6.61 Å². The fourth-order valence-electron chi connectivity index (χ4n) is 1.51. The highest BCUT2D eigenvalue weighted by Gasteiger charge is 2.11. The van der Waals surface area contributed by atoms with E-state index in [0.29, 0.717) is 18.8 Å². The molecule has 106 valence electrons. The molecule has 1 aromatic rings. The number of carbonyl (C=O) groups is 1. The van der Waals surface area contributed by atoms with E-state index in [4.69, 9.17) is 9.84 Å². The largest absolute Gasteiger partial charge is 0.484 e. The zero-order valence-corrected chi connectivity index (χ0v) is 11.6. The van der Waals surface area contributed by atoms with Crippen LogP contribution in [0.1, 0.15) is 5.82 Å². The molecule has 0 amide bonds. The summed E-state index contributed by atoms with van der Waals surface area (Å²) in [4.78, 5) is 19.5. The van der Waals surface area contributed by atoms with Crippen LogP contribution in [0.15, 0.2) is 36.5 Å². The van der Waals surface area contributed by atoms with Gasteiger partial charge < -0.3 is 19.7 Å². The number of imidazole rings is 1. The molecule has 6 nitrogen and oxygen atoms in total. The van der Waals surface area contributed by atoms with Crippen molar-refractivity contribution in [2.24, 2.45) is 0 Å². The maximum absolute atomic E-state index is 10.4. The summed E-state index contributed by atoms with van der Waals surface area (Å²) < 4.78 is 5.13. The number of halogens is 2. The number of rotatable bonds is 5. The van der Waals surface area contributed by atoms with E-state index in [1.165, 1.54) is 0 Å². The number of aromatic nitrogens is 2. The van der Waals surface area contributed by atoms with Crippen molar-refractivity contribution in [2.75, 3.05) is 13.2 Å². The van der Waals surface area contributed by atoms with E-state index in [1.807, 2.05) is 17.2 Å². The van der Waals surface area contributed by atoms with Crippen LogP contribution in [-0.4, -0.2) is 39.1 Å². The van der Waals surface area contributed by atoms with Crippen molar-refractivity contribution in [1.82, 2.24) is 14.9 Å². The van der Waals surface area contributed by atoms with Crippen LogP contribution in [0.4, 0.5) is 0 Å². The normalized spacial score (nSPS) is 13.1. The second-order valence-electron chi connectivity index (χ2n) is 3.60. The van der Waals surface area contributed by atoms with Crippen molar-refractivity contribution in [1.29, 1.82) is 0 Å². The Balaban J connectivity index is 0.00000162. The summed E-state index contributed by atoms with van der Waals surface area (Å²) in [6.45, 7) is 0.871. The number of allylic oxidation sites excluding steroid dienone is 2. The summed E-state index contributed by atoms with van der Waals surface area (Å²) in [5.74, 6) is 0.522. The molecular weight excluding hydrogens is 293 g/mol. The Morgan fingerprint density at radius 3 is 2.95 bits per heavy atom. The van der Waals surface area contributed by atoms with Gasteiger partial charge in [-0.1, -0.05) is 0 Å². The monoisotopic (exact) mass is 307 g/mol. The molecule has 1 aromatic heterocycles. The number of aromatic amines is 1. The van der Waals surface area contributed by atoms with E-state index < -0.39 is 5.97 Å². The van der Waals surface area contributed by atoms with E-state index in [9.17, 15) is 4.79 Å². The number of H-pyrrole nitrogens is 1. The Hall–Kier alpha value is -1.66. The maximum atomic E-state index is 10.4. The lowest BCUT2D eigenvalue weighted by molar-refractivity contribution is -0.140. The number of ether oxygens (including phenoxy) is 1. The van der Waals surface area contributed by atoms with Crippen molar-refractivity contribution in [3.63, 3.8) is 0 Å². The first-order valence-electron chi connectivity index (χ1n) is 5.18. The Labute approximate surface area is 123 Å². The standard InChI is InChI=1S/C11H13N3O3.2ClH/c15-11(16)8-17-9-2-1-5-14(6-9)7-10-12-3-4-13-10;;/h1-5H,6-8H2,(H,12,13)(H,15,16);2*1H. The minimum absolute atomic E-state index is 0. The summed E-state index contributed by atoms with van der Waals surface area (Å²) in [6.07, 6.45) is 8.96. The van der Waals surface area contributed by atoms with Crippen LogP contribution >= 0.6 is 24.8 Å². The topological polar surface area (TPSA) is 78.5 Å². The SMILES string of the molecule is Cl.Cl.O=C(O)COC1=CC=CN(Cc2ncc[nH]2)C1.